The van der Waals surface area contributed by atoms with Crippen molar-refractivity contribution in [1.82, 2.24) is 9.55 Å². The lowest BCUT2D eigenvalue weighted by atomic mass is 9.78. The molecule has 0 atom stereocenters. The first-order valence-corrected chi connectivity index (χ1v) is 24.1. The molecule has 0 amide bonds. The summed E-state index contributed by atoms with van der Waals surface area (Å²) < 4.78 is 9.43. The zero-order valence-electron chi connectivity index (χ0n) is 42.0. The number of aromatic nitrogens is 2. The normalized spacial score (nSPS) is 14.0. The van der Waals surface area contributed by atoms with Gasteiger partial charge in [-0.15, -0.1) is 0 Å². The molecule has 0 radical (unpaired) electrons. The van der Waals surface area contributed by atoms with Crippen LogP contribution in [0.15, 0.2) is 169 Å². The van der Waals surface area contributed by atoms with Crippen molar-refractivity contribution in [3.05, 3.63) is 192 Å². The Morgan fingerprint density at radius 1 is 0.493 bits per heavy atom. The van der Waals surface area contributed by atoms with E-state index in [0.717, 1.165) is 45.0 Å². The maximum absolute atomic E-state index is 7.15. The fourth-order valence-electron chi connectivity index (χ4n) is 10.2. The van der Waals surface area contributed by atoms with Gasteiger partial charge in [-0.3, -0.25) is 4.57 Å². The van der Waals surface area contributed by atoms with Gasteiger partial charge >= 0.3 is 0 Å². The van der Waals surface area contributed by atoms with E-state index < -0.39 is 0 Å². The van der Waals surface area contributed by atoms with E-state index in [1.54, 1.807) is 0 Å². The number of ether oxygens (including phenoxy) is 1. The first-order chi connectivity index (χ1) is 31.7. The summed E-state index contributed by atoms with van der Waals surface area (Å²) >= 11 is 0. The summed E-state index contributed by atoms with van der Waals surface area (Å²) in [6.07, 6.45) is 1.94. The van der Waals surface area contributed by atoms with Crippen molar-refractivity contribution in [1.29, 1.82) is 0 Å². The lowest BCUT2D eigenvalue weighted by molar-refractivity contribution is 0.444. The van der Waals surface area contributed by atoms with E-state index in [2.05, 4.69) is 256 Å². The Balaban J connectivity index is 1.20. The van der Waals surface area contributed by atoms with Gasteiger partial charge in [-0.25, -0.2) is 4.98 Å². The third kappa shape index (κ3) is 8.66. The van der Waals surface area contributed by atoms with Gasteiger partial charge in [0.1, 0.15) is 17.3 Å². The van der Waals surface area contributed by atoms with E-state index in [1.165, 1.54) is 50.3 Å². The van der Waals surface area contributed by atoms with Gasteiger partial charge in [0.25, 0.3) is 0 Å². The van der Waals surface area contributed by atoms with Gasteiger partial charge < -0.3 is 14.5 Å². The maximum atomic E-state index is 7.15. The molecule has 9 rings (SSSR count). The number of fused-ring (bicyclic) bond motifs is 3. The number of anilines is 2. The number of allylic oxidation sites excluding steroid dienone is 2. The summed E-state index contributed by atoms with van der Waals surface area (Å²) in [5.74, 6) is 2.80. The Labute approximate surface area is 399 Å². The van der Waals surface area contributed by atoms with E-state index in [4.69, 9.17) is 9.72 Å². The number of pyridine rings is 1. The molecule has 342 valence electrons. The highest BCUT2D eigenvalue weighted by atomic mass is 16.5. The van der Waals surface area contributed by atoms with Gasteiger partial charge in [0.2, 0.25) is 0 Å². The summed E-state index contributed by atoms with van der Waals surface area (Å²) in [6, 6.07) is 55.3. The van der Waals surface area contributed by atoms with E-state index in [-0.39, 0.29) is 21.7 Å². The minimum Gasteiger partial charge on any atom is -0.457 e. The van der Waals surface area contributed by atoms with Crippen molar-refractivity contribution >= 4 is 33.2 Å². The largest absolute Gasteiger partial charge is 0.457 e. The van der Waals surface area contributed by atoms with Gasteiger partial charge in [-0.2, -0.15) is 0 Å². The summed E-state index contributed by atoms with van der Waals surface area (Å²) in [6.45, 7) is 30.8. The minimum absolute atomic E-state index is 0.0208. The van der Waals surface area contributed by atoms with Crippen LogP contribution in [0.2, 0.25) is 0 Å². The highest BCUT2D eigenvalue weighted by molar-refractivity contribution is 6.09. The van der Waals surface area contributed by atoms with Crippen LogP contribution in [0.4, 0.5) is 11.4 Å². The molecule has 0 saturated heterocycles. The monoisotopic (exact) mass is 885 g/mol. The van der Waals surface area contributed by atoms with Gasteiger partial charge in [0.05, 0.1) is 17.7 Å². The van der Waals surface area contributed by atoms with Crippen molar-refractivity contribution in [2.45, 2.75) is 107 Å². The molecule has 0 aliphatic carbocycles. The van der Waals surface area contributed by atoms with Crippen LogP contribution in [-0.4, -0.2) is 16.2 Å². The van der Waals surface area contributed by atoms with E-state index in [0.29, 0.717) is 12.6 Å². The number of rotatable bonds is 9. The predicted octanol–water partition coefficient (Wildman–Crippen LogP) is 17.0. The summed E-state index contributed by atoms with van der Waals surface area (Å²) in [4.78, 5) is 10.1. The second-order valence-electron chi connectivity index (χ2n) is 22.5. The van der Waals surface area contributed by atoms with Crippen molar-refractivity contribution in [2.75, 3.05) is 16.5 Å². The standard InChI is InChI=1S/C62H68N4O/c1-41(2)50-26-17-18-27-51(50)42-34-47(65-40-64(57(60(6,7)8)58(65)61(9,10)11)46-25-21-24-45(36-46)62(12,13)43-22-15-14-16-23-43)38-49(35-42)67-48-30-31-53-52-28-19-20-29-54(52)66(55(53)39-48)56-37-44(32-33-63-56)59(3,4)5/h14-39,41H,40H2,1-13H3. The third-order valence-electron chi connectivity index (χ3n) is 13.7. The highest BCUT2D eigenvalue weighted by Crippen LogP contribution is 2.50. The molecule has 6 aromatic carbocycles. The van der Waals surface area contributed by atoms with Crippen LogP contribution >= 0.6 is 0 Å². The van der Waals surface area contributed by atoms with Crippen LogP contribution in [-0.2, 0) is 10.8 Å². The summed E-state index contributed by atoms with van der Waals surface area (Å²) in [7, 11) is 0. The molecule has 0 N–H and O–H groups in total. The molecule has 0 fully saturated rings. The number of para-hydroxylation sites is 1. The number of benzene rings is 6. The Kier molecular flexibility index (Phi) is 11.5. The lowest BCUT2D eigenvalue weighted by Gasteiger charge is -2.34. The topological polar surface area (TPSA) is 33.5 Å². The van der Waals surface area contributed by atoms with E-state index in [9.17, 15) is 0 Å². The average molecular weight is 885 g/mol. The Morgan fingerprint density at radius 3 is 1.84 bits per heavy atom. The highest BCUT2D eigenvalue weighted by Gasteiger charge is 2.42. The van der Waals surface area contributed by atoms with Crippen LogP contribution in [0.5, 0.6) is 11.5 Å². The smallest absolute Gasteiger partial charge is 0.137 e. The van der Waals surface area contributed by atoms with Gasteiger partial charge in [0, 0.05) is 68.1 Å². The summed E-state index contributed by atoms with van der Waals surface area (Å²) in [5.41, 5.74) is 14.0. The molecule has 5 nitrogen and oxygen atoms in total. The molecule has 1 aliphatic heterocycles. The van der Waals surface area contributed by atoms with Crippen molar-refractivity contribution in [3.8, 4) is 28.4 Å². The van der Waals surface area contributed by atoms with Crippen LogP contribution in [0, 0.1) is 10.8 Å². The second-order valence-corrected chi connectivity index (χ2v) is 22.5. The van der Waals surface area contributed by atoms with E-state index in [1.807, 2.05) is 6.20 Å². The molecule has 2 aromatic heterocycles. The molecule has 1 aliphatic rings. The quantitative estimate of drug-likeness (QED) is 0.145. The fraction of sp³-hybridized carbons (Fsp3) is 0.306. The second kappa shape index (κ2) is 16.9. The molecule has 5 heteroatoms. The van der Waals surface area contributed by atoms with Crippen LogP contribution < -0.4 is 14.5 Å². The average Bonchev–Trinajstić information content (AvgIpc) is 3.87. The van der Waals surface area contributed by atoms with Crippen molar-refractivity contribution in [3.63, 3.8) is 0 Å². The molecular weight excluding hydrogens is 817 g/mol. The SMILES string of the molecule is CC(C)c1ccccc1-c1cc(Oc2ccc3c4ccccc4n(-c4cc(C(C)(C)C)ccn4)c3c2)cc(N2CN(c3cccc(C(C)(C)c4ccccc4)c3)C(C(C)(C)C)=C2C(C)(C)C)c1. The molecular formula is C62H68N4O. The number of nitrogens with zero attached hydrogens (tertiary/aromatic N) is 4. The van der Waals surface area contributed by atoms with Crippen LogP contribution in [0.25, 0.3) is 38.8 Å². The maximum Gasteiger partial charge on any atom is 0.137 e. The van der Waals surface area contributed by atoms with E-state index >= 15 is 0 Å². The Hall–Kier alpha value is -6.59. The van der Waals surface area contributed by atoms with Crippen molar-refractivity contribution in [2.24, 2.45) is 10.8 Å². The number of hydrogen-bond donors (Lipinski definition) is 0. The molecule has 0 unspecified atom stereocenters. The molecule has 0 spiro atoms. The predicted molar refractivity (Wildman–Crippen MR) is 284 cm³/mol. The molecule has 8 aromatic rings. The molecule has 3 heterocycles. The fourth-order valence-corrected chi connectivity index (χ4v) is 10.2. The first-order valence-electron chi connectivity index (χ1n) is 24.1. The van der Waals surface area contributed by atoms with Crippen LogP contribution in [0.1, 0.15) is 118 Å². The first kappa shape index (κ1) is 45.6. The van der Waals surface area contributed by atoms with Gasteiger partial charge in [-0.05, 0) is 99.3 Å². The Morgan fingerprint density at radius 2 is 1.13 bits per heavy atom. The van der Waals surface area contributed by atoms with Crippen molar-refractivity contribution < 1.29 is 4.74 Å². The molecule has 0 saturated carbocycles. The molecule has 67 heavy (non-hydrogen) atoms. The number of hydrogen-bond acceptors (Lipinski definition) is 4. The minimum atomic E-state index is -0.193. The van der Waals surface area contributed by atoms with Gasteiger partial charge in [0.15, 0.2) is 0 Å². The van der Waals surface area contributed by atoms with Crippen LogP contribution in [0.3, 0.4) is 0 Å². The zero-order valence-corrected chi connectivity index (χ0v) is 42.0. The third-order valence-corrected chi connectivity index (χ3v) is 13.7. The zero-order chi connectivity index (χ0) is 47.6. The van der Waals surface area contributed by atoms with Gasteiger partial charge in [-0.1, -0.05) is 175 Å². The Bertz CT molecular complexity index is 3150. The molecule has 0 bridgehead atoms. The summed E-state index contributed by atoms with van der Waals surface area (Å²) in [5, 5.41) is 2.35. The lowest BCUT2D eigenvalue weighted by Crippen LogP contribution is -2.31.